The monoisotopic (exact) mass is 283 g/mol. The highest BCUT2D eigenvalue weighted by Gasteiger charge is 2.72. The van der Waals surface area contributed by atoms with E-state index < -0.39 is 15.9 Å². The van der Waals surface area contributed by atoms with Crippen molar-refractivity contribution in [3.8, 4) is 0 Å². The van der Waals surface area contributed by atoms with Crippen molar-refractivity contribution < 1.29 is 18.0 Å². The van der Waals surface area contributed by atoms with Crippen LogP contribution in [0.1, 0.15) is 33.1 Å². The fourth-order valence-corrected chi connectivity index (χ4v) is 7.18. The van der Waals surface area contributed by atoms with Crippen LogP contribution in [0.15, 0.2) is 0 Å². The first-order chi connectivity index (χ1) is 8.76. The third-order valence-corrected chi connectivity index (χ3v) is 7.71. The van der Waals surface area contributed by atoms with Crippen LogP contribution < -0.4 is 0 Å². The Morgan fingerprint density at radius 1 is 1.47 bits per heavy atom. The molecule has 2 saturated carbocycles. The minimum absolute atomic E-state index is 0.0408. The van der Waals surface area contributed by atoms with E-state index in [1.165, 1.54) is 0 Å². The average molecular weight is 283 g/mol. The Hall–Kier alpha value is -1.20. The van der Waals surface area contributed by atoms with Gasteiger partial charge in [0.1, 0.15) is 0 Å². The largest absolute Gasteiger partial charge is 0.361 e. The minimum Gasteiger partial charge on any atom is -0.361 e. The summed E-state index contributed by atoms with van der Waals surface area (Å²) in [5, 5.41) is 0. The van der Waals surface area contributed by atoms with Gasteiger partial charge in [0.15, 0.2) is 0 Å². The third kappa shape index (κ3) is 1.32. The first kappa shape index (κ1) is 12.8. The second-order valence-corrected chi connectivity index (χ2v) is 8.35. The lowest BCUT2D eigenvalue weighted by Gasteiger charge is -2.36. The van der Waals surface area contributed by atoms with E-state index >= 15 is 0 Å². The second kappa shape index (κ2) is 3.46. The Morgan fingerprint density at radius 2 is 2.16 bits per heavy atom. The van der Waals surface area contributed by atoms with Crippen molar-refractivity contribution in [1.29, 1.82) is 0 Å². The Balaban J connectivity index is 2.11. The van der Waals surface area contributed by atoms with Crippen LogP contribution in [-0.2, 0) is 14.8 Å². The number of sulfonamides is 1. The Bertz CT molecular complexity index is 606. The molecule has 0 unspecified atom stereocenters. The Kier molecular flexibility index (Phi) is 2.34. The maximum absolute atomic E-state index is 12.3. The molecule has 0 aromatic rings. The molecule has 3 rings (SSSR count). The molecule has 19 heavy (non-hydrogen) atoms. The van der Waals surface area contributed by atoms with Gasteiger partial charge in [0.2, 0.25) is 10.0 Å². The van der Waals surface area contributed by atoms with Crippen LogP contribution in [0.25, 0.3) is 5.53 Å². The molecule has 2 bridgehead atoms. The summed E-state index contributed by atoms with van der Waals surface area (Å²) in [6.45, 7) is 4.24. The highest BCUT2D eigenvalue weighted by Crippen LogP contribution is 2.69. The summed E-state index contributed by atoms with van der Waals surface area (Å²) < 4.78 is 25.6. The summed E-state index contributed by atoms with van der Waals surface area (Å²) in [7, 11) is -3.60. The van der Waals surface area contributed by atoms with Crippen molar-refractivity contribution >= 4 is 22.1 Å². The lowest BCUT2D eigenvalue weighted by molar-refractivity contribution is -0.125. The zero-order valence-corrected chi connectivity index (χ0v) is 11.9. The smallest absolute Gasteiger partial charge is 0.345 e. The van der Waals surface area contributed by atoms with E-state index in [0.717, 1.165) is 23.6 Å². The van der Waals surface area contributed by atoms with Crippen LogP contribution in [0.5, 0.6) is 0 Å². The van der Waals surface area contributed by atoms with E-state index in [0.29, 0.717) is 12.1 Å². The predicted octanol–water partition coefficient (Wildman–Crippen LogP) is 0.654. The van der Waals surface area contributed by atoms with Crippen molar-refractivity contribution in [2.24, 2.45) is 16.7 Å². The topological polar surface area (TPSA) is 90.9 Å². The highest BCUT2D eigenvalue weighted by atomic mass is 32.2. The van der Waals surface area contributed by atoms with Gasteiger partial charge in [-0.3, -0.25) is 4.79 Å². The quantitative estimate of drug-likeness (QED) is 0.402. The van der Waals surface area contributed by atoms with Gasteiger partial charge in [0.05, 0.1) is 11.8 Å². The molecule has 104 valence electrons. The summed E-state index contributed by atoms with van der Waals surface area (Å²) in [4.78, 5) is 14.6. The molecular formula is C12H17N3O3S. The molecule has 0 aromatic heterocycles. The summed E-state index contributed by atoms with van der Waals surface area (Å²) in [6, 6.07) is -0.267. The molecule has 0 radical (unpaired) electrons. The normalized spacial score (nSPS) is 40.8. The van der Waals surface area contributed by atoms with Gasteiger partial charge in [0.25, 0.3) is 0 Å². The first-order valence-corrected chi connectivity index (χ1v) is 8.11. The average Bonchev–Trinajstić information content (AvgIpc) is 2.75. The third-order valence-electron chi connectivity index (χ3n) is 5.80. The van der Waals surface area contributed by atoms with Crippen molar-refractivity contribution in [3.63, 3.8) is 0 Å². The summed E-state index contributed by atoms with van der Waals surface area (Å²) in [5.41, 5.74) is 8.08. The molecule has 1 aliphatic heterocycles. The number of amides is 1. The molecule has 1 spiro atoms. The fourth-order valence-electron chi connectivity index (χ4n) is 4.69. The van der Waals surface area contributed by atoms with Crippen molar-refractivity contribution in [3.05, 3.63) is 5.53 Å². The predicted molar refractivity (Wildman–Crippen MR) is 67.7 cm³/mol. The Labute approximate surface area is 112 Å². The van der Waals surface area contributed by atoms with Crippen molar-refractivity contribution in [1.82, 2.24) is 4.31 Å². The molecule has 3 aliphatic rings. The lowest BCUT2D eigenvalue weighted by Crippen LogP contribution is -2.44. The SMILES string of the molecule is CC1(C)[C@H]2CC[C@@]13CS(=O)(=O)N(C(=O)C=[N+]=[N-])[C@H]3C2. The van der Waals surface area contributed by atoms with E-state index in [4.69, 9.17) is 5.53 Å². The molecule has 0 N–H and O–H groups in total. The van der Waals surface area contributed by atoms with Crippen LogP contribution >= 0.6 is 0 Å². The fraction of sp³-hybridized carbons (Fsp3) is 0.833. The van der Waals surface area contributed by atoms with Crippen molar-refractivity contribution in [2.45, 2.75) is 39.2 Å². The zero-order chi connectivity index (χ0) is 14.1. The molecule has 1 saturated heterocycles. The van der Waals surface area contributed by atoms with E-state index in [-0.39, 0.29) is 22.6 Å². The number of rotatable bonds is 1. The molecule has 7 heteroatoms. The van der Waals surface area contributed by atoms with Crippen LogP contribution in [0.3, 0.4) is 0 Å². The zero-order valence-electron chi connectivity index (χ0n) is 11.0. The molecule has 3 fully saturated rings. The molecule has 1 heterocycles. The van der Waals surface area contributed by atoms with Crippen LogP contribution in [0.2, 0.25) is 0 Å². The van der Waals surface area contributed by atoms with Gasteiger partial charge in [0, 0.05) is 5.41 Å². The van der Waals surface area contributed by atoms with Crippen LogP contribution in [0.4, 0.5) is 0 Å². The summed E-state index contributed by atoms with van der Waals surface area (Å²) in [5.74, 6) is -0.221. The molecule has 1 amide bonds. The first-order valence-electron chi connectivity index (χ1n) is 6.50. The number of fused-ring (bicyclic) bond motifs is 1. The molecule has 6 nitrogen and oxygen atoms in total. The second-order valence-electron chi connectivity index (χ2n) is 6.50. The Morgan fingerprint density at radius 3 is 2.74 bits per heavy atom. The minimum atomic E-state index is -3.60. The van der Waals surface area contributed by atoms with E-state index in [1.54, 1.807) is 0 Å². The van der Waals surface area contributed by atoms with Gasteiger partial charge in [-0.05, 0) is 30.6 Å². The number of hydrogen-bond acceptors (Lipinski definition) is 3. The van der Waals surface area contributed by atoms with E-state index in [9.17, 15) is 13.2 Å². The number of hydrogen-bond donors (Lipinski definition) is 0. The molecule has 3 atom stereocenters. The van der Waals surface area contributed by atoms with Crippen LogP contribution in [0, 0.1) is 16.7 Å². The molecular weight excluding hydrogens is 266 g/mol. The van der Waals surface area contributed by atoms with Gasteiger partial charge in [-0.15, -0.1) is 0 Å². The highest BCUT2D eigenvalue weighted by molar-refractivity contribution is 7.90. The summed E-state index contributed by atoms with van der Waals surface area (Å²) >= 11 is 0. The maximum atomic E-state index is 12.3. The van der Waals surface area contributed by atoms with Gasteiger partial charge < -0.3 is 5.53 Å². The lowest BCUT2D eigenvalue weighted by atomic mass is 9.69. The van der Waals surface area contributed by atoms with Gasteiger partial charge in [-0.2, -0.15) is 4.79 Å². The van der Waals surface area contributed by atoms with E-state index in [1.807, 2.05) is 0 Å². The number of carbonyl (C=O) groups excluding carboxylic acids is 1. The molecule has 2 aliphatic carbocycles. The number of carbonyl (C=O) groups is 1. The summed E-state index contributed by atoms with van der Waals surface area (Å²) in [6.07, 6.45) is 3.30. The van der Waals surface area contributed by atoms with Gasteiger partial charge in [-0.1, -0.05) is 13.8 Å². The van der Waals surface area contributed by atoms with Gasteiger partial charge >= 0.3 is 12.1 Å². The van der Waals surface area contributed by atoms with E-state index in [2.05, 4.69) is 18.6 Å². The van der Waals surface area contributed by atoms with Crippen LogP contribution in [-0.4, -0.2) is 41.4 Å². The molecule has 0 aromatic carbocycles. The van der Waals surface area contributed by atoms with Crippen molar-refractivity contribution in [2.75, 3.05) is 5.75 Å². The van der Waals surface area contributed by atoms with Gasteiger partial charge in [-0.25, -0.2) is 12.7 Å². The number of nitrogens with zero attached hydrogens (tertiary/aromatic N) is 3. The standard InChI is InChI=1S/C12H17N3O3S/c1-11(2)8-3-4-12(11)7-19(17,18)15(9(12)5-8)10(16)6-14-13/h6,8-9H,3-5,7H2,1-2H3/t8-,9-,12-/m0/s1. The maximum Gasteiger partial charge on any atom is 0.345 e.